The highest BCUT2D eigenvalue weighted by molar-refractivity contribution is 5.72. The van der Waals surface area contributed by atoms with E-state index in [0.717, 1.165) is 32.0 Å². The third-order valence-corrected chi connectivity index (χ3v) is 2.62. The van der Waals surface area contributed by atoms with Gasteiger partial charge in [-0.15, -0.1) is 0 Å². The van der Waals surface area contributed by atoms with Gasteiger partial charge in [0, 0.05) is 13.0 Å². The number of esters is 1. The number of carbonyl (C=O) groups excluding carboxylic acids is 2. The van der Waals surface area contributed by atoms with Crippen molar-refractivity contribution in [2.45, 2.75) is 25.7 Å². The lowest BCUT2D eigenvalue weighted by molar-refractivity contribution is -0.160. The molecular formula is C10H16O4. The van der Waals surface area contributed by atoms with Crippen molar-refractivity contribution in [3.8, 4) is 0 Å². The van der Waals surface area contributed by atoms with Gasteiger partial charge in [0.2, 0.25) is 0 Å². The van der Waals surface area contributed by atoms with E-state index in [1.165, 1.54) is 7.11 Å². The molecule has 0 amide bonds. The Morgan fingerprint density at radius 1 is 1.36 bits per heavy atom. The Morgan fingerprint density at radius 3 is 2.50 bits per heavy atom. The van der Waals surface area contributed by atoms with Crippen molar-refractivity contribution >= 4 is 12.3 Å². The number of methoxy groups -OCH3 is 1. The Kier molecular flexibility index (Phi) is 4.59. The maximum Gasteiger partial charge on any atom is 0.311 e. The molecule has 0 heterocycles. The summed E-state index contributed by atoms with van der Waals surface area (Å²) in [4.78, 5) is 21.8. The van der Waals surface area contributed by atoms with Crippen molar-refractivity contribution in [3.63, 3.8) is 0 Å². The zero-order valence-corrected chi connectivity index (χ0v) is 8.40. The van der Waals surface area contributed by atoms with Crippen molar-refractivity contribution < 1.29 is 19.1 Å². The molecule has 1 saturated carbocycles. The molecule has 0 saturated heterocycles. The summed E-state index contributed by atoms with van der Waals surface area (Å²) in [5.41, 5.74) is 0. The largest absolute Gasteiger partial charge is 0.438 e. The van der Waals surface area contributed by atoms with Crippen LogP contribution in [-0.2, 0) is 19.1 Å². The molecular weight excluding hydrogens is 184 g/mol. The van der Waals surface area contributed by atoms with E-state index in [1.54, 1.807) is 0 Å². The minimum Gasteiger partial charge on any atom is -0.438 e. The second-order valence-corrected chi connectivity index (χ2v) is 3.62. The molecule has 4 nitrogen and oxygen atoms in total. The number of carbonyl (C=O) groups is 2. The smallest absolute Gasteiger partial charge is 0.311 e. The first-order valence-corrected chi connectivity index (χ1v) is 4.88. The molecule has 1 aliphatic carbocycles. The van der Waals surface area contributed by atoms with Crippen LogP contribution >= 0.6 is 0 Å². The molecule has 80 valence electrons. The first-order valence-electron chi connectivity index (χ1n) is 4.88. The highest BCUT2D eigenvalue weighted by atomic mass is 16.7. The molecule has 1 rings (SSSR count). The summed E-state index contributed by atoms with van der Waals surface area (Å²) in [6, 6.07) is 0. The fourth-order valence-corrected chi connectivity index (χ4v) is 1.73. The highest BCUT2D eigenvalue weighted by Crippen LogP contribution is 2.28. The van der Waals surface area contributed by atoms with Gasteiger partial charge in [-0.25, -0.2) is 0 Å². The van der Waals surface area contributed by atoms with E-state index in [0.29, 0.717) is 0 Å². The molecule has 0 aromatic heterocycles. The van der Waals surface area contributed by atoms with Crippen molar-refractivity contribution in [1.82, 2.24) is 0 Å². The molecule has 1 fully saturated rings. The first-order chi connectivity index (χ1) is 6.77. The summed E-state index contributed by atoms with van der Waals surface area (Å²) < 4.78 is 9.50. The van der Waals surface area contributed by atoms with Crippen molar-refractivity contribution in [2.75, 3.05) is 13.9 Å². The van der Waals surface area contributed by atoms with E-state index in [2.05, 4.69) is 4.74 Å². The molecule has 0 bridgehead atoms. The second kappa shape index (κ2) is 5.75. The molecule has 4 heteroatoms. The predicted molar refractivity (Wildman–Crippen MR) is 49.5 cm³/mol. The summed E-state index contributed by atoms with van der Waals surface area (Å²) in [6.45, 7) is 0.0203. The van der Waals surface area contributed by atoms with Gasteiger partial charge in [0.25, 0.3) is 0 Å². The number of rotatable bonds is 4. The molecule has 0 radical (unpaired) electrons. The average Bonchev–Trinajstić information content (AvgIpc) is 2.26. The van der Waals surface area contributed by atoms with Gasteiger partial charge in [0.05, 0.1) is 5.92 Å². The van der Waals surface area contributed by atoms with E-state index in [-0.39, 0.29) is 24.6 Å². The number of ether oxygens (including phenoxy) is 2. The molecule has 0 spiro atoms. The fraction of sp³-hybridized carbons (Fsp3) is 0.800. The Balaban J connectivity index is 2.26. The summed E-state index contributed by atoms with van der Waals surface area (Å²) in [6.07, 6.45) is 4.10. The quantitative estimate of drug-likeness (QED) is 0.388. The van der Waals surface area contributed by atoms with Crippen LogP contribution in [0.2, 0.25) is 0 Å². The maximum absolute atomic E-state index is 11.4. The molecule has 0 aliphatic heterocycles. The van der Waals surface area contributed by atoms with Crippen LogP contribution in [0.4, 0.5) is 0 Å². The van der Waals surface area contributed by atoms with Crippen LogP contribution < -0.4 is 0 Å². The summed E-state index contributed by atoms with van der Waals surface area (Å²) in [5, 5.41) is 0. The third kappa shape index (κ3) is 3.10. The molecule has 0 aromatic rings. The van der Waals surface area contributed by atoms with Gasteiger partial charge in [-0.2, -0.15) is 0 Å². The van der Waals surface area contributed by atoms with Gasteiger partial charge < -0.3 is 14.3 Å². The van der Waals surface area contributed by atoms with E-state index in [4.69, 9.17) is 4.74 Å². The van der Waals surface area contributed by atoms with Gasteiger partial charge in [0.15, 0.2) is 6.79 Å². The summed E-state index contributed by atoms with van der Waals surface area (Å²) in [5.74, 6) is -0.0981. The number of hydrogen-bond acceptors (Lipinski definition) is 4. The minimum atomic E-state index is -0.198. The normalized spacial score (nSPS) is 26.9. The van der Waals surface area contributed by atoms with Crippen LogP contribution in [0.1, 0.15) is 25.7 Å². The van der Waals surface area contributed by atoms with E-state index >= 15 is 0 Å². The monoisotopic (exact) mass is 200 g/mol. The van der Waals surface area contributed by atoms with Crippen LogP contribution in [0.25, 0.3) is 0 Å². The Bertz CT molecular complexity index is 194. The van der Waals surface area contributed by atoms with Gasteiger partial charge in [-0.1, -0.05) is 0 Å². The van der Waals surface area contributed by atoms with Gasteiger partial charge >= 0.3 is 5.97 Å². The summed E-state index contributed by atoms with van der Waals surface area (Å²) in [7, 11) is 1.48. The summed E-state index contributed by atoms with van der Waals surface area (Å²) >= 11 is 0. The van der Waals surface area contributed by atoms with Crippen LogP contribution in [-0.4, -0.2) is 26.2 Å². The van der Waals surface area contributed by atoms with Crippen molar-refractivity contribution in [3.05, 3.63) is 0 Å². The third-order valence-electron chi connectivity index (χ3n) is 2.62. The number of aldehydes is 1. The lowest BCUT2D eigenvalue weighted by atomic mass is 9.83. The van der Waals surface area contributed by atoms with E-state index in [9.17, 15) is 9.59 Å². The molecule has 0 N–H and O–H groups in total. The Morgan fingerprint density at radius 2 is 2.00 bits per heavy atom. The number of hydrogen-bond donors (Lipinski definition) is 0. The maximum atomic E-state index is 11.4. The second-order valence-electron chi connectivity index (χ2n) is 3.62. The minimum absolute atomic E-state index is 0.0203. The molecule has 0 atom stereocenters. The lowest BCUT2D eigenvalue weighted by Gasteiger charge is -2.23. The van der Waals surface area contributed by atoms with Crippen LogP contribution in [0.15, 0.2) is 0 Å². The van der Waals surface area contributed by atoms with E-state index in [1.807, 2.05) is 0 Å². The van der Waals surface area contributed by atoms with Gasteiger partial charge in [-0.3, -0.25) is 4.79 Å². The molecule has 0 unspecified atom stereocenters. The average molecular weight is 200 g/mol. The standard InChI is InChI=1S/C10H16O4/c1-13-7-14-10(12)9-4-2-8(6-11)3-5-9/h6,8-9H,2-5,7H2,1H3/t8-,9-. The molecule has 14 heavy (non-hydrogen) atoms. The molecule has 1 aliphatic rings. The zero-order valence-electron chi connectivity index (χ0n) is 8.40. The van der Waals surface area contributed by atoms with Crippen molar-refractivity contribution in [1.29, 1.82) is 0 Å². The van der Waals surface area contributed by atoms with Gasteiger partial charge in [-0.05, 0) is 25.7 Å². The van der Waals surface area contributed by atoms with Crippen LogP contribution in [0.5, 0.6) is 0 Å². The lowest BCUT2D eigenvalue weighted by Crippen LogP contribution is -2.24. The zero-order chi connectivity index (χ0) is 10.4. The van der Waals surface area contributed by atoms with Crippen LogP contribution in [0.3, 0.4) is 0 Å². The van der Waals surface area contributed by atoms with Gasteiger partial charge in [0.1, 0.15) is 6.29 Å². The highest BCUT2D eigenvalue weighted by Gasteiger charge is 2.26. The Labute approximate surface area is 83.6 Å². The SMILES string of the molecule is COCOC(=O)[C@H]1CC[C@H](C=O)CC1. The molecule has 0 aromatic carbocycles. The van der Waals surface area contributed by atoms with Crippen LogP contribution in [0, 0.1) is 11.8 Å². The van der Waals surface area contributed by atoms with Crippen molar-refractivity contribution in [2.24, 2.45) is 11.8 Å². The fourth-order valence-electron chi connectivity index (χ4n) is 1.73. The predicted octanol–water partition coefficient (Wildman–Crippen LogP) is 1.14. The Hall–Kier alpha value is -0.900. The first kappa shape index (κ1) is 11.2. The van der Waals surface area contributed by atoms with E-state index < -0.39 is 0 Å². The topological polar surface area (TPSA) is 52.6 Å².